The summed E-state index contributed by atoms with van der Waals surface area (Å²) in [5.74, 6) is 0.573. The Balaban J connectivity index is 2.00. The number of hydrogen-bond donors (Lipinski definition) is 1. The maximum Gasteiger partial charge on any atom is 0.0702 e. The van der Waals surface area contributed by atoms with Gasteiger partial charge in [0.2, 0.25) is 0 Å². The molecular formula is C18H30N2O. The largest absolute Gasteiger partial charge is 0.377 e. The van der Waals surface area contributed by atoms with Crippen molar-refractivity contribution in [3.8, 4) is 0 Å². The Kier molecular flexibility index (Phi) is 6.22. The molecule has 0 amide bonds. The summed E-state index contributed by atoms with van der Waals surface area (Å²) in [4.78, 5) is 2.35. The quantitative estimate of drug-likeness (QED) is 0.873. The molecule has 1 aliphatic heterocycles. The van der Waals surface area contributed by atoms with Gasteiger partial charge in [-0.25, -0.2) is 0 Å². The lowest BCUT2D eigenvalue weighted by Gasteiger charge is -2.32. The lowest BCUT2D eigenvalue weighted by Crippen LogP contribution is -2.38. The van der Waals surface area contributed by atoms with Crippen molar-refractivity contribution in [2.24, 2.45) is 5.73 Å². The van der Waals surface area contributed by atoms with Gasteiger partial charge in [0.05, 0.1) is 6.10 Å². The van der Waals surface area contributed by atoms with E-state index in [2.05, 4.69) is 50.1 Å². The molecule has 1 heterocycles. The Bertz CT molecular complexity index is 410. The average Bonchev–Trinajstić information content (AvgIpc) is 2.49. The van der Waals surface area contributed by atoms with E-state index in [4.69, 9.17) is 10.5 Å². The number of hydrogen-bond acceptors (Lipinski definition) is 3. The van der Waals surface area contributed by atoms with Gasteiger partial charge in [0.15, 0.2) is 0 Å². The van der Waals surface area contributed by atoms with Crippen molar-refractivity contribution in [2.45, 2.75) is 51.2 Å². The first-order valence-electron chi connectivity index (χ1n) is 8.23. The highest BCUT2D eigenvalue weighted by atomic mass is 16.5. The van der Waals surface area contributed by atoms with E-state index in [-0.39, 0.29) is 6.04 Å². The van der Waals surface area contributed by atoms with Crippen LogP contribution in [0.2, 0.25) is 0 Å². The summed E-state index contributed by atoms with van der Waals surface area (Å²) >= 11 is 0. The van der Waals surface area contributed by atoms with Gasteiger partial charge >= 0.3 is 0 Å². The molecule has 0 aromatic heterocycles. The molecule has 118 valence electrons. The highest BCUT2D eigenvalue weighted by molar-refractivity contribution is 5.27. The second kappa shape index (κ2) is 7.92. The zero-order valence-corrected chi connectivity index (χ0v) is 13.7. The monoisotopic (exact) mass is 290 g/mol. The van der Waals surface area contributed by atoms with Crippen LogP contribution in [0.25, 0.3) is 0 Å². The molecule has 0 aliphatic carbocycles. The number of rotatable bonds is 6. The molecule has 2 unspecified atom stereocenters. The predicted octanol–water partition coefficient (Wildman–Crippen LogP) is 3.31. The van der Waals surface area contributed by atoms with E-state index in [9.17, 15) is 0 Å². The smallest absolute Gasteiger partial charge is 0.0702 e. The number of benzene rings is 1. The van der Waals surface area contributed by atoms with Crippen molar-refractivity contribution in [1.29, 1.82) is 0 Å². The van der Waals surface area contributed by atoms with Crippen LogP contribution in [0.1, 0.15) is 56.2 Å². The van der Waals surface area contributed by atoms with Gasteiger partial charge < -0.3 is 10.5 Å². The molecule has 0 bridgehead atoms. The van der Waals surface area contributed by atoms with Gasteiger partial charge in [-0.05, 0) is 43.4 Å². The van der Waals surface area contributed by atoms with E-state index in [1.807, 2.05) is 0 Å². The van der Waals surface area contributed by atoms with E-state index in [0.29, 0.717) is 18.6 Å². The third-order valence-corrected chi connectivity index (χ3v) is 4.51. The Hall–Kier alpha value is -0.900. The molecule has 1 saturated heterocycles. The maximum atomic E-state index is 6.03. The van der Waals surface area contributed by atoms with Crippen LogP contribution in [0.5, 0.6) is 0 Å². The highest BCUT2D eigenvalue weighted by Gasteiger charge is 2.21. The third-order valence-electron chi connectivity index (χ3n) is 4.51. The standard InChI is InChI=1S/C18H30N2O/c1-14(2)15-7-9-16(10-8-15)18(12-19)20(3)13-17-6-4-5-11-21-17/h7-10,14,17-18H,4-6,11-13,19H2,1-3H3. The van der Waals surface area contributed by atoms with Crippen molar-refractivity contribution in [3.63, 3.8) is 0 Å². The topological polar surface area (TPSA) is 38.5 Å². The first-order chi connectivity index (χ1) is 10.1. The number of ether oxygens (including phenoxy) is 1. The van der Waals surface area contributed by atoms with Crippen molar-refractivity contribution in [2.75, 3.05) is 26.7 Å². The number of nitrogens with zero attached hydrogens (tertiary/aromatic N) is 1. The van der Waals surface area contributed by atoms with Gasteiger partial charge in [-0.2, -0.15) is 0 Å². The van der Waals surface area contributed by atoms with Crippen LogP contribution in [0.15, 0.2) is 24.3 Å². The normalized spacial score (nSPS) is 21.0. The molecule has 1 fully saturated rings. The Labute approximate surface area is 129 Å². The van der Waals surface area contributed by atoms with Crippen LogP contribution in [-0.2, 0) is 4.74 Å². The minimum Gasteiger partial charge on any atom is -0.377 e. The van der Waals surface area contributed by atoms with Crippen molar-refractivity contribution in [1.82, 2.24) is 4.90 Å². The summed E-state index contributed by atoms with van der Waals surface area (Å²) in [5, 5.41) is 0. The Morgan fingerprint density at radius 3 is 2.38 bits per heavy atom. The van der Waals surface area contributed by atoms with Crippen molar-refractivity contribution in [3.05, 3.63) is 35.4 Å². The van der Waals surface area contributed by atoms with Gasteiger partial charge in [0.1, 0.15) is 0 Å². The molecule has 3 heteroatoms. The van der Waals surface area contributed by atoms with Crippen LogP contribution >= 0.6 is 0 Å². The second-order valence-corrected chi connectivity index (χ2v) is 6.50. The summed E-state index contributed by atoms with van der Waals surface area (Å²) in [5.41, 5.74) is 8.71. The van der Waals surface area contributed by atoms with Gasteiger partial charge in [-0.3, -0.25) is 4.90 Å². The first-order valence-corrected chi connectivity index (χ1v) is 8.23. The van der Waals surface area contributed by atoms with Crippen molar-refractivity contribution >= 4 is 0 Å². The number of nitrogens with two attached hydrogens (primary N) is 1. The summed E-state index contributed by atoms with van der Waals surface area (Å²) in [7, 11) is 2.16. The average molecular weight is 290 g/mol. The molecule has 2 rings (SSSR count). The van der Waals surface area contributed by atoms with Crippen LogP contribution < -0.4 is 5.73 Å². The molecule has 1 aliphatic rings. The molecular weight excluding hydrogens is 260 g/mol. The number of likely N-dealkylation sites (N-methyl/N-ethyl adjacent to an activating group) is 1. The van der Waals surface area contributed by atoms with Crippen LogP contribution in [0.4, 0.5) is 0 Å². The van der Waals surface area contributed by atoms with E-state index in [0.717, 1.165) is 13.2 Å². The fraction of sp³-hybridized carbons (Fsp3) is 0.667. The van der Waals surface area contributed by atoms with Gasteiger partial charge in [-0.15, -0.1) is 0 Å². The summed E-state index contributed by atoms with van der Waals surface area (Å²) in [6, 6.07) is 9.19. The predicted molar refractivity (Wildman–Crippen MR) is 88.5 cm³/mol. The summed E-state index contributed by atoms with van der Waals surface area (Å²) in [6.07, 6.45) is 4.03. The van der Waals surface area contributed by atoms with Crippen LogP contribution in [0, 0.1) is 0 Å². The summed E-state index contributed by atoms with van der Waals surface area (Å²) < 4.78 is 5.85. The molecule has 1 aromatic carbocycles. The van der Waals surface area contributed by atoms with Crippen LogP contribution in [0.3, 0.4) is 0 Å². The maximum absolute atomic E-state index is 6.03. The molecule has 2 N–H and O–H groups in total. The van der Waals surface area contributed by atoms with Crippen LogP contribution in [-0.4, -0.2) is 37.7 Å². The third kappa shape index (κ3) is 4.53. The lowest BCUT2D eigenvalue weighted by atomic mass is 9.98. The molecule has 1 aromatic rings. The van der Waals surface area contributed by atoms with Gasteiger partial charge in [0.25, 0.3) is 0 Å². The molecule has 0 spiro atoms. The van der Waals surface area contributed by atoms with E-state index >= 15 is 0 Å². The lowest BCUT2D eigenvalue weighted by molar-refractivity contribution is -0.00777. The Morgan fingerprint density at radius 1 is 1.19 bits per heavy atom. The fourth-order valence-electron chi connectivity index (χ4n) is 3.07. The first kappa shape index (κ1) is 16.5. The van der Waals surface area contributed by atoms with E-state index in [1.165, 1.54) is 30.4 Å². The second-order valence-electron chi connectivity index (χ2n) is 6.50. The molecule has 21 heavy (non-hydrogen) atoms. The fourth-order valence-corrected chi connectivity index (χ4v) is 3.07. The van der Waals surface area contributed by atoms with E-state index in [1.54, 1.807) is 0 Å². The zero-order chi connectivity index (χ0) is 15.2. The van der Waals surface area contributed by atoms with Gasteiger partial charge in [-0.1, -0.05) is 38.1 Å². The van der Waals surface area contributed by atoms with Crippen molar-refractivity contribution < 1.29 is 4.74 Å². The molecule has 0 radical (unpaired) electrons. The van der Waals surface area contributed by atoms with Gasteiger partial charge in [0, 0.05) is 25.7 Å². The summed E-state index contributed by atoms with van der Waals surface area (Å²) in [6.45, 7) is 6.97. The minimum absolute atomic E-state index is 0.275. The molecule has 3 nitrogen and oxygen atoms in total. The minimum atomic E-state index is 0.275. The molecule has 0 saturated carbocycles. The zero-order valence-electron chi connectivity index (χ0n) is 13.7. The van der Waals surface area contributed by atoms with E-state index < -0.39 is 0 Å². The molecule has 2 atom stereocenters. The SMILES string of the molecule is CC(C)c1ccc(C(CN)N(C)CC2CCCCO2)cc1. The highest BCUT2D eigenvalue weighted by Crippen LogP contribution is 2.23. The Morgan fingerprint density at radius 2 is 1.86 bits per heavy atom.